The van der Waals surface area contributed by atoms with Crippen molar-refractivity contribution in [3.8, 4) is 34.0 Å². The lowest BCUT2D eigenvalue weighted by molar-refractivity contribution is -0.115. The molecule has 0 saturated carbocycles. The maximum absolute atomic E-state index is 12.8. The van der Waals surface area contributed by atoms with E-state index in [-0.39, 0.29) is 11.2 Å². The minimum Gasteiger partial charge on any atom is -0.497 e. The van der Waals surface area contributed by atoms with Gasteiger partial charge in [-0.3, -0.25) is 4.79 Å². The topological polar surface area (TPSA) is 89.1 Å². The Morgan fingerprint density at radius 2 is 1.53 bits per heavy atom. The zero-order chi connectivity index (χ0) is 24.1. The Kier molecular flexibility index (Phi) is 7.18. The lowest BCUT2D eigenvalue weighted by Crippen LogP contribution is -2.23. The number of aryl methyl sites for hydroxylation is 1. The van der Waals surface area contributed by atoms with Gasteiger partial charge in [-0.15, -0.1) is 0 Å². The van der Waals surface area contributed by atoms with Crippen molar-refractivity contribution in [1.82, 2.24) is 15.0 Å². The third-order valence-corrected chi connectivity index (χ3v) is 6.21. The number of aromatic nitrogens is 3. The number of carbonyl (C=O) groups excluding carboxylic acids is 1. The molecule has 1 atom stereocenters. The van der Waals surface area contributed by atoms with Crippen LogP contribution in [0.2, 0.25) is 0 Å². The second-order valence-corrected chi connectivity index (χ2v) is 8.97. The Labute approximate surface area is 203 Å². The van der Waals surface area contributed by atoms with Crippen LogP contribution in [0.4, 0.5) is 5.82 Å². The van der Waals surface area contributed by atoms with Gasteiger partial charge >= 0.3 is 0 Å². The summed E-state index contributed by atoms with van der Waals surface area (Å²) in [5.41, 5.74) is 4.41. The smallest absolute Gasteiger partial charge is 0.238 e. The number of carbonyl (C=O) groups is 1. The highest BCUT2D eigenvalue weighted by molar-refractivity contribution is 8.00. The fourth-order valence-electron chi connectivity index (χ4n) is 3.39. The molecule has 174 valence electrons. The minimum absolute atomic E-state index is 0.142. The number of imidazole rings is 1. The molecule has 1 unspecified atom stereocenters. The Morgan fingerprint density at radius 1 is 0.912 bits per heavy atom. The van der Waals surface area contributed by atoms with E-state index in [1.807, 2.05) is 74.5 Å². The van der Waals surface area contributed by atoms with Crippen LogP contribution in [0, 0.1) is 6.92 Å². The van der Waals surface area contributed by atoms with Crippen molar-refractivity contribution in [2.45, 2.75) is 24.3 Å². The number of rotatable bonds is 8. The summed E-state index contributed by atoms with van der Waals surface area (Å²) in [7, 11) is 3.28. The standard InChI is InChI=1S/C26H26N4O3S/c1-16-6-5-7-22(27-16)28-25(31)17(2)34-26-29-23(18-8-12-20(32-3)13-9-18)24(30-26)19-10-14-21(33-4)15-11-19/h5-15,17H,1-4H3,(H,29,30)(H,27,28,31). The Hall–Kier alpha value is -3.78. The first-order valence-electron chi connectivity index (χ1n) is 10.8. The van der Waals surface area contributed by atoms with Crippen molar-refractivity contribution in [3.05, 3.63) is 72.4 Å². The predicted octanol–water partition coefficient (Wildman–Crippen LogP) is 5.58. The molecule has 4 aromatic rings. The number of anilines is 1. The minimum atomic E-state index is -0.388. The Morgan fingerprint density at radius 3 is 2.12 bits per heavy atom. The fourth-order valence-corrected chi connectivity index (χ4v) is 4.20. The number of aromatic amines is 1. The first kappa shape index (κ1) is 23.4. The molecule has 0 fully saturated rings. The molecular formula is C26H26N4O3S. The lowest BCUT2D eigenvalue weighted by Gasteiger charge is -2.10. The molecule has 0 saturated heterocycles. The van der Waals surface area contributed by atoms with E-state index in [4.69, 9.17) is 14.5 Å². The maximum atomic E-state index is 12.8. The molecule has 4 rings (SSSR count). The highest BCUT2D eigenvalue weighted by Crippen LogP contribution is 2.35. The molecule has 2 heterocycles. The number of hydrogen-bond donors (Lipinski definition) is 2. The number of H-pyrrole nitrogens is 1. The van der Waals surface area contributed by atoms with Gasteiger partial charge in [0.1, 0.15) is 17.3 Å². The molecule has 0 radical (unpaired) electrons. The molecule has 0 spiro atoms. The van der Waals surface area contributed by atoms with E-state index in [0.29, 0.717) is 11.0 Å². The number of nitrogens with one attached hydrogen (secondary N) is 2. The zero-order valence-electron chi connectivity index (χ0n) is 19.5. The van der Waals surface area contributed by atoms with E-state index in [1.165, 1.54) is 11.8 Å². The Balaban J connectivity index is 1.61. The first-order valence-corrected chi connectivity index (χ1v) is 11.6. The number of hydrogen-bond acceptors (Lipinski definition) is 6. The second-order valence-electron chi connectivity index (χ2n) is 7.64. The average Bonchev–Trinajstić information content (AvgIpc) is 3.27. The first-order chi connectivity index (χ1) is 16.5. The molecule has 2 aromatic carbocycles. The third-order valence-electron chi connectivity index (χ3n) is 5.22. The number of nitrogens with zero attached hydrogens (tertiary/aromatic N) is 2. The summed E-state index contributed by atoms with van der Waals surface area (Å²) in [6.07, 6.45) is 0. The van der Waals surface area contributed by atoms with Crippen LogP contribution in [0.1, 0.15) is 12.6 Å². The summed E-state index contributed by atoms with van der Waals surface area (Å²) in [5.74, 6) is 1.94. The lowest BCUT2D eigenvalue weighted by atomic mass is 10.0. The van der Waals surface area contributed by atoms with Crippen molar-refractivity contribution < 1.29 is 14.3 Å². The average molecular weight is 475 g/mol. The summed E-state index contributed by atoms with van der Waals surface area (Å²) in [5, 5.41) is 3.13. The molecule has 0 aliphatic heterocycles. The molecule has 0 aliphatic rings. The number of amides is 1. The molecule has 8 heteroatoms. The largest absolute Gasteiger partial charge is 0.497 e. The second kappa shape index (κ2) is 10.4. The van der Waals surface area contributed by atoms with Gasteiger partial charge in [0, 0.05) is 16.8 Å². The van der Waals surface area contributed by atoms with Crippen LogP contribution < -0.4 is 14.8 Å². The quantitative estimate of drug-likeness (QED) is 0.324. The van der Waals surface area contributed by atoms with Crippen LogP contribution in [-0.4, -0.2) is 40.3 Å². The molecule has 2 N–H and O–H groups in total. The number of ether oxygens (including phenoxy) is 2. The molecular weight excluding hydrogens is 448 g/mol. The van der Waals surface area contributed by atoms with Gasteiger partial charge in [-0.2, -0.15) is 0 Å². The highest BCUT2D eigenvalue weighted by atomic mass is 32.2. The number of benzene rings is 2. The Bertz CT molecular complexity index is 1210. The SMILES string of the molecule is COc1ccc(-c2nc(SC(C)C(=O)Nc3cccc(C)n3)[nH]c2-c2ccc(OC)cc2)cc1. The number of pyridine rings is 1. The highest BCUT2D eigenvalue weighted by Gasteiger charge is 2.20. The zero-order valence-corrected chi connectivity index (χ0v) is 20.3. The van der Waals surface area contributed by atoms with E-state index in [2.05, 4.69) is 15.3 Å². The molecule has 0 aliphatic carbocycles. The number of methoxy groups -OCH3 is 2. The van der Waals surface area contributed by atoms with Crippen LogP contribution in [0.3, 0.4) is 0 Å². The van der Waals surface area contributed by atoms with Gasteiger partial charge in [0.2, 0.25) is 5.91 Å². The van der Waals surface area contributed by atoms with E-state index in [9.17, 15) is 4.79 Å². The third kappa shape index (κ3) is 5.40. The molecule has 7 nitrogen and oxygen atoms in total. The maximum Gasteiger partial charge on any atom is 0.238 e. The van der Waals surface area contributed by atoms with Gasteiger partial charge in [-0.05, 0) is 74.5 Å². The monoisotopic (exact) mass is 474 g/mol. The fraction of sp³-hybridized carbons (Fsp3) is 0.192. The van der Waals surface area contributed by atoms with Crippen molar-refractivity contribution in [1.29, 1.82) is 0 Å². The summed E-state index contributed by atoms with van der Waals surface area (Å²) in [4.78, 5) is 25.3. The van der Waals surface area contributed by atoms with E-state index < -0.39 is 0 Å². The van der Waals surface area contributed by atoms with Gasteiger partial charge in [0.15, 0.2) is 5.16 Å². The van der Waals surface area contributed by atoms with Crippen LogP contribution in [0.5, 0.6) is 11.5 Å². The van der Waals surface area contributed by atoms with Crippen LogP contribution in [0.25, 0.3) is 22.5 Å². The van der Waals surface area contributed by atoms with Gasteiger partial charge < -0.3 is 19.8 Å². The van der Waals surface area contributed by atoms with E-state index in [0.717, 1.165) is 39.7 Å². The van der Waals surface area contributed by atoms with Gasteiger partial charge in [0.25, 0.3) is 0 Å². The van der Waals surface area contributed by atoms with Crippen molar-refractivity contribution in [2.75, 3.05) is 19.5 Å². The summed E-state index contributed by atoms with van der Waals surface area (Å²) < 4.78 is 10.6. The van der Waals surface area contributed by atoms with Crippen molar-refractivity contribution in [3.63, 3.8) is 0 Å². The molecule has 34 heavy (non-hydrogen) atoms. The molecule has 0 bridgehead atoms. The van der Waals surface area contributed by atoms with Gasteiger partial charge in [0.05, 0.1) is 30.9 Å². The van der Waals surface area contributed by atoms with Crippen molar-refractivity contribution in [2.24, 2.45) is 0 Å². The predicted molar refractivity (Wildman–Crippen MR) is 135 cm³/mol. The summed E-state index contributed by atoms with van der Waals surface area (Å²) in [6.45, 7) is 3.73. The van der Waals surface area contributed by atoms with E-state index >= 15 is 0 Å². The van der Waals surface area contributed by atoms with Crippen LogP contribution >= 0.6 is 11.8 Å². The normalized spacial score (nSPS) is 11.6. The summed E-state index contributed by atoms with van der Waals surface area (Å²) >= 11 is 1.36. The van der Waals surface area contributed by atoms with E-state index in [1.54, 1.807) is 20.3 Å². The van der Waals surface area contributed by atoms with Gasteiger partial charge in [-0.25, -0.2) is 9.97 Å². The van der Waals surface area contributed by atoms with Crippen molar-refractivity contribution >= 4 is 23.5 Å². The van der Waals surface area contributed by atoms with Gasteiger partial charge in [-0.1, -0.05) is 17.8 Å². The molecule has 1 amide bonds. The van der Waals surface area contributed by atoms with Crippen LogP contribution in [-0.2, 0) is 4.79 Å². The molecule has 2 aromatic heterocycles. The summed E-state index contributed by atoms with van der Waals surface area (Å²) in [6, 6.07) is 21.0. The number of thioether (sulfide) groups is 1. The van der Waals surface area contributed by atoms with Crippen LogP contribution in [0.15, 0.2) is 71.9 Å².